The van der Waals surface area contributed by atoms with E-state index in [1.54, 1.807) is 0 Å². The van der Waals surface area contributed by atoms with E-state index in [0.717, 1.165) is 51.4 Å². The minimum atomic E-state index is -0.661. The Balaban J connectivity index is 3.32. The Bertz CT molecular complexity index is 1300. The number of carbonyl (C=O) groups is 2. The van der Waals surface area contributed by atoms with Gasteiger partial charge in [0.2, 0.25) is 5.91 Å². The molecule has 0 aromatic heterocycles. The van der Waals surface area contributed by atoms with Gasteiger partial charge in [0.05, 0.1) is 25.4 Å². The highest BCUT2D eigenvalue weighted by molar-refractivity contribution is 5.76. The molecule has 0 saturated heterocycles. The van der Waals surface area contributed by atoms with Crippen LogP contribution < -0.4 is 5.32 Å². The van der Waals surface area contributed by atoms with Gasteiger partial charge >= 0.3 is 5.97 Å². The van der Waals surface area contributed by atoms with Gasteiger partial charge in [0.1, 0.15) is 0 Å². The van der Waals surface area contributed by atoms with Crippen LogP contribution in [0.1, 0.15) is 431 Å². The summed E-state index contributed by atoms with van der Waals surface area (Å²) in [6.45, 7) is 4.97. The van der Waals surface area contributed by atoms with E-state index in [4.69, 9.17) is 4.74 Å². The van der Waals surface area contributed by atoms with Crippen molar-refractivity contribution in [2.45, 2.75) is 443 Å². The number of rotatable bonds is 72. The molecule has 0 bridgehead atoms. The van der Waals surface area contributed by atoms with Gasteiger partial charge in [-0.25, -0.2) is 0 Å². The summed E-state index contributed by atoms with van der Waals surface area (Å²) in [5.41, 5.74) is 0. The molecule has 6 nitrogen and oxygen atoms in total. The van der Waals surface area contributed by atoms with E-state index < -0.39 is 12.1 Å². The van der Waals surface area contributed by atoms with Crippen molar-refractivity contribution >= 4 is 11.9 Å². The second-order valence-electron chi connectivity index (χ2n) is 26.3. The first-order valence-electron chi connectivity index (χ1n) is 38.1. The lowest BCUT2D eigenvalue weighted by molar-refractivity contribution is -0.143. The molecular weight excluding hydrogens is 1020 g/mol. The Kier molecular flexibility index (Phi) is 71.4. The number of aliphatic hydroxyl groups is 2. The topological polar surface area (TPSA) is 95.9 Å². The standard InChI is InChI=1S/C77H149NO5/c1-3-5-7-9-11-13-15-17-19-20-35-38-42-45-49-53-57-61-65-69-75(80)74(73-79)78-76(81)70-66-62-58-54-50-46-43-39-36-33-31-29-27-25-23-21-22-24-26-28-30-32-34-37-40-44-48-52-56-60-64-68-72-83-77(82)71-67-63-59-55-51-47-41-18-16-14-12-10-8-6-4-2/h12,14,18,41,74-75,79-80H,3-11,13,15-17,19-40,42-73H2,1-2H3,(H,78,81)/b14-12-,41-18-. The van der Waals surface area contributed by atoms with E-state index in [9.17, 15) is 19.8 Å². The molecule has 83 heavy (non-hydrogen) atoms. The highest BCUT2D eigenvalue weighted by Gasteiger charge is 2.20. The number of amides is 1. The Morgan fingerprint density at radius 3 is 0.940 bits per heavy atom. The second-order valence-corrected chi connectivity index (χ2v) is 26.3. The predicted octanol–water partition coefficient (Wildman–Crippen LogP) is 24.9. The summed E-state index contributed by atoms with van der Waals surface area (Å²) in [6.07, 6.45) is 92.6. The van der Waals surface area contributed by atoms with Crippen molar-refractivity contribution in [1.29, 1.82) is 0 Å². The normalized spacial score (nSPS) is 12.6. The van der Waals surface area contributed by atoms with Crippen LogP contribution in [0.2, 0.25) is 0 Å². The van der Waals surface area contributed by atoms with Gasteiger partial charge in [-0.15, -0.1) is 0 Å². The highest BCUT2D eigenvalue weighted by Crippen LogP contribution is 2.20. The van der Waals surface area contributed by atoms with Crippen molar-refractivity contribution in [1.82, 2.24) is 5.32 Å². The van der Waals surface area contributed by atoms with Gasteiger partial charge < -0.3 is 20.3 Å². The number of nitrogens with one attached hydrogen (secondary N) is 1. The zero-order valence-electron chi connectivity index (χ0n) is 56.5. The lowest BCUT2D eigenvalue weighted by atomic mass is 10.0. The average Bonchev–Trinajstić information content (AvgIpc) is 3.49. The number of allylic oxidation sites excluding steroid dienone is 4. The first-order chi connectivity index (χ1) is 41.0. The molecule has 1 amide bonds. The van der Waals surface area contributed by atoms with E-state index in [0.29, 0.717) is 25.9 Å². The zero-order chi connectivity index (χ0) is 59.9. The van der Waals surface area contributed by atoms with Crippen LogP contribution in [0.3, 0.4) is 0 Å². The summed E-state index contributed by atoms with van der Waals surface area (Å²) in [5.74, 6) is -0.0179. The van der Waals surface area contributed by atoms with Gasteiger partial charge in [0.25, 0.3) is 0 Å². The van der Waals surface area contributed by atoms with Crippen LogP contribution in [0, 0.1) is 0 Å². The molecule has 0 aromatic rings. The maximum Gasteiger partial charge on any atom is 0.305 e. The fourth-order valence-corrected chi connectivity index (χ4v) is 12.2. The number of aliphatic hydroxyl groups excluding tert-OH is 2. The molecule has 0 aliphatic carbocycles. The molecule has 6 heteroatoms. The van der Waals surface area contributed by atoms with Crippen molar-refractivity contribution in [3.63, 3.8) is 0 Å². The van der Waals surface area contributed by atoms with E-state index in [1.165, 1.54) is 347 Å². The van der Waals surface area contributed by atoms with Crippen LogP contribution in [-0.2, 0) is 14.3 Å². The van der Waals surface area contributed by atoms with Crippen molar-refractivity contribution in [3.8, 4) is 0 Å². The van der Waals surface area contributed by atoms with Crippen molar-refractivity contribution in [2.75, 3.05) is 13.2 Å². The minimum absolute atomic E-state index is 0.00797. The molecule has 0 aliphatic rings. The van der Waals surface area contributed by atoms with Gasteiger partial charge in [0, 0.05) is 12.8 Å². The van der Waals surface area contributed by atoms with Crippen molar-refractivity contribution < 1.29 is 24.5 Å². The molecule has 3 N–H and O–H groups in total. The molecule has 492 valence electrons. The summed E-state index contributed by atoms with van der Waals surface area (Å²) in [4.78, 5) is 24.6. The number of ether oxygens (including phenoxy) is 1. The molecule has 0 radical (unpaired) electrons. The molecule has 0 heterocycles. The summed E-state index contributed by atoms with van der Waals surface area (Å²) < 4.78 is 5.49. The molecule has 0 aliphatic heterocycles. The van der Waals surface area contributed by atoms with Gasteiger partial charge in [0.15, 0.2) is 0 Å². The SMILES string of the molecule is CCCCC/C=C\C/C=C\CCCCCCCC(=O)OCCCCCCCCCCCCCCCCCCCCCCCCCCCCCCCCCCC(=O)NC(CO)C(O)CCCCCCCCCCCCCCCCCCCCC. The third kappa shape index (κ3) is 69.3. The van der Waals surface area contributed by atoms with E-state index in [1.807, 2.05) is 0 Å². The molecule has 0 spiro atoms. The average molecular weight is 1170 g/mol. The minimum Gasteiger partial charge on any atom is -0.466 e. The molecule has 0 saturated carbocycles. The fourth-order valence-electron chi connectivity index (χ4n) is 12.2. The largest absolute Gasteiger partial charge is 0.466 e. The van der Waals surface area contributed by atoms with E-state index in [-0.39, 0.29) is 18.5 Å². The summed E-state index contributed by atoms with van der Waals surface area (Å²) in [5, 5.41) is 23.4. The monoisotopic (exact) mass is 1170 g/mol. The smallest absolute Gasteiger partial charge is 0.305 e. The van der Waals surface area contributed by atoms with Crippen LogP contribution >= 0.6 is 0 Å². The van der Waals surface area contributed by atoms with Crippen LogP contribution in [0.5, 0.6) is 0 Å². The zero-order valence-corrected chi connectivity index (χ0v) is 56.5. The summed E-state index contributed by atoms with van der Waals surface area (Å²) in [6, 6.07) is -0.538. The maximum absolute atomic E-state index is 12.5. The lowest BCUT2D eigenvalue weighted by Gasteiger charge is -2.22. The predicted molar refractivity (Wildman–Crippen MR) is 366 cm³/mol. The second kappa shape index (κ2) is 72.8. The first kappa shape index (κ1) is 81.3. The molecule has 0 rings (SSSR count). The number of hydrogen-bond donors (Lipinski definition) is 3. The quantitative estimate of drug-likeness (QED) is 0.0320. The van der Waals surface area contributed by atoms with Gasteiger partial charge in [-0.1, -0.05) is 385 Å². The molecule has 2 atom stereocenters. The summed E-state index contributed by atoms with van der Waals surface area (Å²) >= 11 is 0. The third-order valence-corrected chi connectivity index (χ3v) is 18.0. The maximum atomic E-state index is 12.5. The van der Waals surface area contributed by atoms with Gasteiger partial charge in [-0.3, -0.25) is 9.59 Å². The number of carbonyl (C=O) groups excluding carboxylic acids is 2. The fraction of sp³-hybridized carbons (Fsp3) is 0.922. The lowest BCUT2D eigenvalue weighted by Crippen LogP contribution is -2.45. The van der Waals surface area contributed by atoms with Gasteiger partial charge in [-0.05, 0) is 57.8 Å². The molecule has 0 fully saturated rings. The van der Waals surface area contributed by atoms with Crippen LogP contribution in [0.4, 0.5) is 0 Å². The molecule has 2 unspecified atom stereocenters. The molecular formula is C77H149NO5. The molecule has 0 aromatic carbocycles. The van der Waals surface area contributed by atoms with Crippen LogP contribution in [0.25, 0.3) is 0 Å². The Morgan fingerprint density at radius 1 is 0.337 bits per heavy atom. The van der Waals surface area contributed by atoms with E-state index in [2.05, 4.69) is 43.5 Å². The highest BCUT2D eigenvalue weighted by atomic mass is 16.5. The van der Waals surface area contributed by atoms with E-state index >= 15 is 0 Å². The van der Waals surface area contributed by atoms with Crippen molar-refractivity contribution in [2.24, 2.45) is 0 Å². The first-order valence-corrected chi connectivity index (χ1v) is 38.1. The van der Waals surface area contributed by atoms with Crippen LogP contribution in [-0.4, -0.2) is 47.4 Å². The number of esters is 1. The Labute approximate surface area is 520 Å². The van der Waals surface area contributed by atoms with Crippen molar-refractivity contribution in [3.05, 3.63) is 24.3 Å². The summed E-state index contributed by atoms with van der Waals surface area (Å²) in [7, 11) is 0. The number of unbranched alkanes of at least 4 members (excludes halogenated alkanes) is 57. The third-order valence-electron chi connectivity index (χ3n) is 18.0. The Hall–Kier alpha value is -1.66. The van der Waals surface area contributed by atoms with Gasteiger partial charge in [-0.2, -0.15) is 0 Å². The van der Waals surface area contributed by atoms with Crippen LogP contribution in [0.15, 0.2) is 24.3 Å². The number of hydrogen-bond acceptors (Lipinski definition) is 5. The Morgan fingerprint density at radius 2 is 0.602 bits per heavy atom.